The van der Waals surface area contributed by atoms with Crippen LogP contribution in [0, 0.1) is 0 Å². The monoisotopic (exact) mass is 565 g/mol. The molecule has 9 heteroatoms. The van der Waals surface area contributed by atoms with Crippen molar-refractivity contribution in [1.29, 1.82) is 0 Å². The van der Waals surface area contributed by atoms with E-state index in [-0.39, 0.29) is 12.5 Å². The Labute approximate surface area is 205 Å². The zero-order chi connectivity index (χ0) is 22.6. The molecule has 32 heavy (non-hydrogen) atoms. The van der Waals surface area contributed by atoms with Crippen molar-refractivity contribution in [2.75, 3.05) is 11.9 Å². The van der Waals surface area contributed by atoms with Gasteiger partial charge in [0, 0.05) is 10.9 Å². The molecular weight excluding hydrogens is 541 g/mol. The molecule has 0 spiro atoms. The molecule has 0 saturated carbocycles. The van der Waals surface area contributed by atoms with Gasteiger partial charge in [-0.2, -0.15) is 0 Å². The van der Waals surface area contributed by atoms with Crippen LogP contribution in [0.2, 0.25) is 0 Å². The summed E-state index contributed by atoms with van der Waals surface area (Å²) in [5.41, 5.74) is 2.64. The van der Waals surface area contributed by atoms with Crippen LogP contribution in [0.4, 0.5) is 9.93 Å². The standard InChI is InChI=1S/C23H24IN3O4S/c24-31-14-8-7-13-19(26-23(29)30-15-17-9-3-1-4-10-17)21(28)27-22-25-20(16-32-22)18-11-5-2-6-12-18/h1-6,9-12,16,19H,7-8,13-15H2,(H,26,29)(H,25,27,28)/t19-/m0/s1. The van der Waals surface area contributed by atoms with Crippen molar-refractivity contribution >= 4 is 51.5 Å². The van der Waals surface area contributed by atoms with Gasteiger partial charge < -0.3 is 18.4 Å². The normalized spacial score (nSPS) is 11.5. The van der Waals surface area contributed by atoms with Crippen molar-refractivity contribution < 1.29 is 17.4 Å². The zero-order valence-electron chi connectivity index (χ0n) is 17.3. The first-order chi connectivity index (χ1) is 15.7. The Morgan fingerprint density at radius 3 is 2.47 bits per heavy atom. The fourth-order valence-electron chi connectivity index (χ4n) is 2.95. The number of hydrogen-bond acceptors (Lipinski definition) is 6. The molecule has 168 valence electrons. The highest BCUT2D eigenvalue weighted by molar-refractivity contribution is 14.1. The molecule has 0 radical (unpaired) electrons. The van der Waals surface area contributed by atoms with Gasteiger partial charge in [0.15, 0.2) is 5.13 Å². The number of anilines is 1. The molecule has 0 aliphatic carbocycles. The maximum atomic E-state index is 12.9. The molecule has 1 aromatic heterocycles. The second-order valence-electron chi connectivity index (χ2n) is 6.96. The number of benzene rings is 2. The summed E-state index contributed by atoms with van der Waals surface area (Å²) in [6.07, 6.45) is 1.32. The number of nitrogens with zero attached hydrogens (tertiary/aromatic N) is 1. The van der Waals surface area contributed by atoms with Gasteiger partial charge in [-0.15, -0.1) is 11.3 Å². The lowest BCUT2D eigenvalue weighted by Gasteiger charge is -2.17. The minimum absolute atomic E-state index is 0.136. The van der Waals surface area contributed by atoms with Gasteiger partial charge in [0.25, 0.3) is 0 Å². The lowest BCUT2D eigenvalue weighted by molar-refractivity contribution is -0.118. The van der Waals surface area contributed by atoms with Crippen LogP contribution in [0.3, 0.4) is 0 Å². The van der Waals surface area contributed by atoms with Crippen molar-refractivity contribution in [2.45, 2.75) is 31.9 Å². The zero-order valence-corrected chi connectivity index (χ0v) is 20.3. The number of thiazole rings is 1. The smallest absolute Gasteiger partial charge is 0.408 e. The number of unbranched alkanes of at least 4 members (excludes halogenated alkanes) is 1. The highest BCUT2D eigenvalue weighted by Gasteiger charge is 2.22. The third kappa shape index (κ3) is 7.88. The van der Waals surface area contributed by atoms with E-state index in [9.17, 15) is 9.59 Å². The van der Waals surface area contributed by atoms with Crippen molar-refractivity contribution in [3.8, 4) is 11.3 Å². The number of halogens is 1. The van der Waals surface area contributed by atoms with Gasteiger partial charge >= 0.3 is 6.09 Å². The molecule has 2 N–H and O–H groups in total. The molecule has 0 unspecified atom stereocenters. The van der Waals surface area contributed by atoms with E-state index in [0.717, 1.165) is 23.2 Å². The number of amides is 2. The van der Waals surface area contributed by atoms with Crippen LogP contribution in [0.1, 0.15) is 24.8 Å². The molecule has 0 fully saturated rings. The number of ether oxygens (including phenoxy) is 1. The summed E-state index contributed by atoms with van der Waals surface area (Å²) in [5.74, 6) is -0.328. The van der Waals surface area contributed by atoms with E-state index in [4.69, 9.17) is 7.80 Å². The first kappa shape index (κ1) is 24.1. The van der Waals surface area contributed by atoms with Crippen molar-refractivity contribution in [3.63, 3.8) is 0 Å². The molecule has 0 aliphatic heterocycles. The maximum absolute atomic E-state index is 12.9. The van der Waals surface area contributed by atoms with Gasteiger partial charge in [-0.3, -0.25) is 4.79 Å². The minimum atomic E-state index is -0.739. The molecular formula is C23H24IN3O4S. The average molecular weight is 565 g/mol. The van der Waals surface area contributed by atoms with Crippen LogP contribution in [-0.2, 0) is 19.2 Å². The predicted octanol–water partition coefficient (Wildman–Crippen LogP) is 5.58. The third-order valence-corrected chi connectivity index (χ3v) is 5.79. The summed E-state index contributed by atoms with van der Waals surface area (Å²) < 4.78 is 10.3. The van der Waals surface area contributed by atoms with Gasteiger partial charge in [0.2, 0.25) is 5.91 Å². The Bertz CT molecular complexity index is 985. The number of nitrogens with one attached hydrogen (secondary N) is 2. The molecule has 0 saturated heterocycles. The summed E-state index contributed by atoms with van der Waals surface area (Å²) in [5, 5.41) is 7.87. The summed E-state index contributed by atoms with van der Waals surface area (Å²) in [6.45, 7) is 0.719. The van der Waals surface area contributed by atoms with Crippen molar-refractivity contribution in [1.82, 2.24) is 10.3 Å². The summed E-state index contributed by atoms with van der Waals surface area (Å²) in [4.78, 5) is 29.7. The molecule has 1 atom stereocenters. The van der Waals surface area contributed by atoms with Crippen LogP contribution in [-0.4, -0.2) is 29.6 Å². The van der Waals surface area contributed by atoms with E-state index in [0.29, 0.717) is 24.6 Å². The molecule has 2 aromatic carbocycles. The number of hydrogen-bond donors (Lipinski definition) is 2. The van der Waals surface area contributed by atoms with Crippen LogP contribution in [0.5, 0.6) is 0 Å². The predicted molar refractivity (Wildman–Crippen MR) is 134 cm³/mol. The Morgan fingerprint density at radius 1 is 1.03 bits per heavy atom. The van der Waals surface area contributed by atoms with Gasteiger partial charge in [0.05, 0.1) is 12.3 Å². The van der Waals surface area contributed by atoms with Crippen LogP contribution in [0.25, 0.3) is 11.3 Å². The second kappa shape index (κ2) is 13.1. The number of carbonyl (C=O) groups is 2. The van der Waals surface area contributed by atoms with Crippen molar-refractivity contribution in [2.24, 2.45) is 0 Å². The van der Waals surface area contributed by atoms with Gasteiger partial charge in [-0.1, -0.05) is 60.7 Å². The molecule has 1 heterocycles. The van der Waals surface area contributed by atoms with Crippen LogP contribution >= 0.6 is 34.3 Å². The molecule has 3 rings (SSSR count). The third-order valence-electron chi connectivity index (χ3n) is 4.59. The Hall–Kier alpha value is -2.50. The van der Waals surface area contributed by atoms with E-state index >= 15 is 0 Å². The minimum Gasteiger partial charge on any atom is -0.445 e. The molecule has 3 aromatic rings. The quantitative estimate of drug-likeness (QED) is 0.234. The average Bonchev–Trinajstić information content (AvgIpc) is 3.29. The molecule has 0 aliphatic rings. The van der Waals surface area contributed by atoms with E-state index in [1.807, 2.05) is 89.0 Å². The van der Waals surface area contributed by atoms with Gasteiger partial charge in [-0.05, 0) is 24.8 Å². The van der Waals surface area contributed by atoms with Gasteiger partial charge in [-0.25, -0.2) is 9.78 Å². The first-order valence-electron chi connectivity index (χ1n) is 10.2. The van der Waals surface area contributed by atoms with E-state index in [1.165, 1.54) is 11.3 Å². The highest BCUT2D eigenvalue weighted by Crippen LogP contribution is 2.24. The van der Waals surface area contributed by atoms with Crippen LogP contribution < -0.4 is 10.6 Å². The second-order valence-corrected chi connectivity index (χ2v) is 8.44. The Balaban J connectivity index is 1.58. The maximum Gasteiger partial charge on any atom is 0.408 e. The Kier molecular flexibility index (Phi) is 9.92. The first-order valence-corrected chi connectivity index (χ1v) is 11.9. The summed E-state index contributed by atoms with van der Waals surface area (Å²) in [7, 11) is 0. The molecule has 7 nitrogen and oxygen atoms in total. The fraction of sp³-hybridized carbons (Fsp3) is 0.261. The number of carbonyl (C=O) groups excluding carboxylic acids is 2. The van der Waals surface area contributed by atoms with Crippen LogP contribution in [0.15, 0.2) is 66.0 Å². The van der Waals surface area contributed by atoms with E-state index < -0.39 is 12.1 Å². The Morgan fingerprint density at radius 2 is 1.75 bits per heavy atom. The lowest BCUT2D eigenvalue weighted by atomic mass is 10.1. The van der Waals surface area contributed by atoms with Crippen molar-refractivity contribution in [3.05, 3.63) is 71.6 Å². The van der Waals surface area contributed by atoms with E-state index in [2.05, 4.69) is 15.6 Å². The number of rotatable bonds is 11. The molecule has 0 bridgehead atoms. The lowest BCUT2D eigenvalue weighted by Crippen LogP contribution is -2.44. The summed E-state index contributed by atoms with van der Waals surface area (Å²) in [6, 6.07) is 18.4. The van der Waals surface area contributed by atoms with E-state index in [1.54, 1.807) is 0 Å². The number of alkyl carbamates (subject to hydrolysis) is 1. The van der Waals surface area contributed by atoms with Gasteiger partial charge in [0.1, 0.15) is 35.7 Å². The highest BCUT2D eigenvalue weighted by atomic mass is 127. The largest absolute Gasteiger partial charge is 0.445 e. The summed E-state index contributed by atoms with van der Waals surface area (Å²) >= 11 is 3.18. The SMILES string of the molecule is O=C(N[C@@H](CCCCOI)C(=O)Nc1nc(-c2ccccc2)cs1)OCc1ccccc1. The molecule has 2 amide bonds. The topological polar surface area (TPSA) is 89.5 Å². The number of aromatic nitrogens is 1. The fourth-order valence-corrected chi connectivity index (χ4v) is 3.98.